The van der Waals surface area contributed by atoms with Crippen molar-refractivity contribution in [2.24, 2.45) is 0 Å². The van der Waals surface area contributed by atoms with E-state index in [1.807, 2.05) is 42.6 Å². The molecule has 3 aromatic rings. The van der Waals surface area contributed by atoms with Gasteiger partial charge in [0.1, 0.15) is 5.82 Å². The van der Waals surface area contributed by atoms with Gasteiger partial charge in [0.2, 0.25) is 5.91 Å². The third-order valence-electron chi connectivity index (χ3n) is 5.27. The molecule has 5 nitrogen and oxygen atoms in total. The minimum atomic E-state index is -0.0317. The summed E-state index contributed by atoms with van der Waals surface area (Å²) in [5.41, 5.74) is 3.01. The SMILES string of the molecule is O=C(Cc1ccc(Cl)cc1)Nc1ccc(CN2CCN(c3ccccn3)CC2)cc1. The number of pyridine rings is 1. The first-order chi connectivity index (χ1) is 14.7. The van der Waals surface area contributed by atoms with Gasteiger partial charge in [0.25, 0.3) is 0 Å². The first-order valence-corrected chi connectivity index (χ1v) is 10.5. The van der Waals surface area contributed by atoms with Crippen LogP contribution in [0.1, 0.15) is 11.1 Å². The van der Waals surface area contributed by atoms with Crippen molar-refractivity contribution in [2.45, 2.75) is 13.0 Å². The fourth-order valence-electron chi connectivity index (χ4n) is 3.62. The van der Waals surface area contributed by atoms with Crippen molar-refractivity contribution >= 4 is 29.0 Å². The standard InChI is InChI=1S/C24H25ClN4O/c25-21-8-4-19(5-9-21)17-24(30)27-22-10-6-20(7-11-22)18-28-13-15-29(16-14-28)23-3-1-2-12-26-23/h1-12H,13-18H2,(H,27,30). The molecule has 2 heterocycles. The Labute approximate surface area is 182 Å². The molecule has 1 N–H and O–H groups in total. The average molecular weight is 421 g/mol. The topological polar surface area (TPSA) is 48.5 Å². The summed E-state index contributed by atoms with van der Waals surface area (Å²) in [6.45, 7) is 4.90. The van der Waals surface area contributed by atoms with Gasteiger partial charge in [-0.15, -0.1) is 0 Å². The first-order valence-electron chi connectivity index (χ1n) is 10.2. The van der Waals surface area contributed by atoms with Crippen LogP contribution < -0.4 is 10.2 Å². The van der Waals surface area contributed by atoms with Crippen molar-refractivity contribution in [3.05, 3.63) is 89.1 Å². The largest absolute Gasteiger partial charge is 0.354 e. The van der Waals surface area contributed by atoms with E-state index in [0.717, 1.165) is 49.8 Å². The van der Waals surface area contributed by atoms with Crippen molar-refractivity contribution in [3.63, 3.8) is 0 Å². The fraction of sp³-hybridized carbons (Fsp3) is 0.250. The van der Waals surface area contributed by atoms with E-state index in [4.69, 9.17) is 11.6 Å². The number of rotatable bonds is 6. The van der Waals surface area contributed by atoms with Crippen LogP contribution in [-0.4, -0.2) is 42.0 Å². The predicted molar refractivity (Wildman–Crippen MR) is 122 cm³/mol. The zero-order valence-corrected chi connectivity index (χ0v) is 17.6. The number of anilines is 2. The van der Waals surface area contributed by atoms with E-state index < -0.39 is 0 Å². The second-order valence-corrected chi connectivity index (χ2v) is 7.94. The number of amides is 1. The van der Waals surface area contributed by atoms with E-state index in [9.17, 15) is 4.79 Å². The van der Waals surface area contributed by atoms with Gasteiger partial charge in [-0.25, -0.2) is 4.98 Å². The Morgan fingerprint density at radius 2 is 1.60 bits per heavy atom. The molecule has 30 heavy (non-hydrogen) atoms. The van der Waals surface area contributed by atoms with Crippen molar-refractivity contribution in [1.29, 1.82) is 0 Å². The molecule has 0 saturated carbocycles. The lowest BCUT2D eigenvalue weighted by atomic mass is 10.1. The molecule has 1 saturated heterocycles. The number of hydrogen-bond donors (Lipinski definition) is 1. The molecule has 0 aliphatic carbocycles. The number of benzene rings is 2. The maximum Gasteiger partial charge on any atom is 0.228 e. The van der Waals surface area contributed by atoms with Gasteiger partial charge < -0.3 is 10.2 Å². The Morgan fingerprint density at radius 1 is 0.900 bits per heavy atom. The molecule has 6 heteroatoms. The highest BCUT2D eigenvalue weighted by molar-refractivity contribution is 6.30. The number of aromatic nitrogens is 1. The summed E-state index contributed by atoms with van der Waals surface area (Å²) in [5.74, 6) is 1.02. The lowest BCUT2D eigenvalue weighted by molar-refractivity contribution is -0.115. The van der Waals surface area contributed by atoms with Crippen LogP contribution in [0.3, 0.4) is 0 Å². The van der Waals surface area contributed by atoms with Crippen LogP contribution in [-0.2, 0) is 17.8 Å². The van der Waals surface area contributed by atoms with Gasteiger partial charge in [0.15, 0.2) is 0 Å². The van der Waals surface area contributed by atoms with Gasteiger partial charge >= 0.3 is 0 Å². The minimum absolute atomic E-state index is 0.0317. The highest BCUT2D eigenvalue weighted by Gasteiger charge is 2.17. The summed E-state index contributed by atoms with van der Waals surface area (Å²) < 4.78 is 0. The third-order valence-corrected chi connectivity index (χ3v) is 5.52. The molecule has 0 unspecified atom stereocenters. The van der Waals surface area contributed by atoms with Crippen molar-refractivity contribution in [2.75, 3.05) is 36.4 Å². The number of nitrogens with one attached hydrogen (secondary N) is 1. The molecule has 0 radical (unpaired) electrons. The van der Waals surface area contributed by atoms with Crippen LogP contribution in [0.4, 0.5) is 11.5 Å². The maximum atomic E-state index is 12.3. The number of nitrogens with zero attached hydrogens (tertiary/aromatic N) is 3. The lowest BCUT2D eigenvalue weighted by Crippen LogP contribution is -2.46. The molecule has 2 aromatic carbocycles. The fourth-order valence-corrected chi connectivity index (χ4v) is 3.75. The smallest absolute Gasteiger partial charge is 0.228 e. The second-order valence-electron chi connectivity index (χ2n) is 7.50. The van der Waals surface area contributed by atoms with E-state index in [-0.39, 0.29) is 5.91 Å². The van der Waals surface area contributed by atoms with E-state index in [0.29, 0.717) is 11.4 Å². The lowest BCUT2D eigenvalue weighted by Gasteiger charge is -2.35. The van der Waals surface area contributed by atoms with E-state index in [1.165, 1.54) is 5.56 Å². The quantitative estimate of drug-likeness (QED) is 0.648. The summed E-state index contributed by atoms with van der Waals surface area (Å²) in [4.78, 5) is 21.5. The molecule has 1 fully saturated rings. The van der Waals surface area contributed by atoms with E-state index in [1.54, 1.807) is 12.1 Å². The molecule has 0 spiro atoms. The molecule has 1 aromatic heterocycles. The van der Waals surface area contributed by atoms with Gasteiger partial charge in [0.05, 0.1) is 6.42 Å². The summed E-state index contributed by atoms with van der Waals surface area (Å²) in [5, 5.41) is 3.63. The van der Waals surface area contributed by atoms with E-state index >= 15 is 0 Å². The Morgan fingerprint density at radius 3 is 2.27 bits per heavy atom. The number of carbonyl (C=O) groups is 1. The van der Waals surface area contributed by atoms with Gasteiger partial charge in [-0.1, -0.05) is 41.9 Å². The zero-order valence-electron chi connectivity index (χ0n) is 16.8. The molecule has 1 amide bonds. The molecule has 0 bridgehead atoms. The van der Waals surface area contributed by atoms with Gasteiger partial charge in [0, 0.05) is 49.6 Å². The average Bonchev–Trinajstić information content (AvgIpc) is 2.78. The number of halogens is 1. The van der Waals surface area contributed by atoms with Crippen molar-refractivity contribution in [1.82, 2.24) is 9.88 Å². The molecular weight excluding hydrogens is 396 g/mol. The molecule has 0 atom stereocenters. The van der Waals surface area contributed by atoms with Crippen molar-refractivity contribution in [3.8, 4) is 0 Å². The Hall–Kier alpha value is -2.89. The van der Waals surface area contributed by atoms with Crippen LogP contribution in [0.5, 0.6) is 0 Å². The predicted octanol–water partition coefficient (Wildman–Crippen LogP) is 4.24. The monoisotopic (exact) mass is 420 g/mol. The minimum Gasteiger partial charge on any atom is -0.354 e. The Bertz CT molecular complexity index is 953. The van der Waals surface area contributed by atoms with Crippen LogP contribution in [0.2, 0.25) is 5.02 Å². The first kappa shape index (κ1) is 20.4. The third kappa shape index (κ3) is 5.59. The summed E-state index contributed by atoms with van der Waals surface area (Å²) >= 11 is 5.89. The summed E-state index contributed by atoms with van der Waals surface area (Å²) in [6.07, 6.45) is 2.18. The van der Waals surface area contributed by atoms with Crippen molar-refractivity contribution < 1.29 is 4.79 Å². The summed E-state index contributed by atoms with van der Waals surface area (Å²) in [6, 6.07) is 21.5. The molecule has 154 valence electrons. The van der Waals surface area contributed by atoms with Crippen LogP contribution >= 0.6 is 11.6 Å². The highest BCUT2D eigenvalue weighted by Crippen LogP contribution is 2.16. The molecule has 1 aliphatic rings. The van der Waals surface area contributed by atoms with E-state index in [2.05, 4.69) is 38.3 Å². The number of piperazine rings is 1. The van der Waals surface area contributed by atoms with Gasteiger partial charge in [-0.05, 0) is 47.5 Å². The normalized spacial score (nSPS) is 14.5. The van der Waals surface area contributed by atoms with Crippen LogP contribution in [0.15, 0.2) is 72.9 Å². The highest BCUT2D eigenvalue weighted by atomic mass is 35.5. The van der Waals surface area contributed by atoms with Crippen LogP contribution in [0.25, 0.3) is 0 Å². The molecule has 4 rings (SSSR count). The summed E-state index contributed by atoms with van der Waals surface area (Å²) in [7, 11) is 0. The molecule has 1 aliphatic heterocycles. The second kappa shape index (κ2) is 9.74. The Balaban J connectivity index is 1.25. The number of carbonyl (C=O) groups excluding carboxylic acids is 1. The van der Waals surface area contributed by atoms with Crippen LogP contribution in [0, 0.1) is 0 Å². The Kier molecular flexibility index (Phi) is 6.62. The van der Waals surface area contributed by atoms with Gasteiger partial charge in [-0.3, -0.25) is 9.69 Å². The number of hydrogen-bond acceptors (Lipinski definition) is 4. The van der Waals surface area contributed by atoms with Gasteiger partial charge in [-0.2, -0.15) is 0 Å². The maximum absolute atomic E-state index is 12.3. The molecular formula is C24H25ClN4O. The zero-order chi connectivity index (χ0) is 20.8.